The van der Waals surface area contributed by atoms with Crippen molar-refractivity contribution in [3.8, 4) is 5.75 Å². The average molecular weight is 656 g/mol. The number of nitrogens with one attached hydrogen (secondary N) is 1. The molecule has 2 saturated carbocycles. The Morgan fingerprint density at radius 2 is 1.89 bits per heavy atom. The van der Waals surface area contributed by atoms with Gasteiger partial charge in [0.1, 0.15) is 53.7 Å². The maximum atomic E-state index is 14.2. The number of aliphatic hydroxyl groups excluding tert-OH is 1. The third kappa shape index (κ3) is 5.57. The molecular formula is C28H33F3N5O8P. The van der Waals surface area contributed by atoms with Gasteiger partial charge in [0.2, 0.25) is 0 Å². The minimum Gasteiger partial charge on any atom is -0.461 e. The zero-order valence-electron chi connectivity index (χ0n) is 24.3. The van der Waals surface area contributed by atoms with Gasteiger partial charge in [-0.15, -0.1) is 0 Å². The molecule has 5 N–H and O–H groups in total. The van der Waals surface area contributed by atoms with Gasteiger partial charge >= 0.3 is 19.9 Å². The van der Waals surface area contributed by atoms with Crippen LogP contribution in [0.4, 0.5) is 19.0 Å². The van der Waals surface area contributed by atoms with Crippen LogP contribution in [0.15, 0.2) is 48.8 Å². The quantitative estimate of drug-likeness (QED) is 0.195. The van der Waals surface area contributed by atoms with E-state index < -0.39 is 67.5 Å². The Kier molecular flexibility index (Phi) is 7.90. The number of nitrogens with two attached hydrogens (primary N) is 1. The Labute approximate surface area is 255 Å². The molecular weight excluding hydrogens is 622 g/mol. The summed E-state index contributed by atoms with van der Waals surface area (Å²) in [6.45, 7) is 2.81. The van der Waals surface area contributed by atoms with Crippen molar-refractivity contribution in [2.24, 2.45) is 5.92 Å². The van der Waals surface area contributed by atoms with Crippen LogP contribution in [0.5, 0.6) is 5.75 Å². The number of rotatable bonds is 9. The summed E-state index contributed by atoms with van der Waals surface area (Å²) in [5.74, 6) is -2.00. The molecule has 1 aromatic carbocycles. The molecule has 3 fully saturated rings. The Morgan fingerprint density at radius 1 is 1.20 bits per heavy atom. The zero-order chi connectivity index (χ0) is 32.4. The number of aliphatic hydroxyl groups is 2. The number of anilines is 1. The number of esters is 1. The summed E-state index contributed by atoms with van der Waals surface area (Å²) in [5, 5.41) is 29.5. The van der Waals surface area contributed by atoms with Crippen molar-refractivity contribution in [3.05, 3.63) is 54.5 Å². The molecule has 7 atom stereocenters. The maximum Gasteiger partial charge on any atom is 0.459 e. The molecule has 1 unspecified atom stereocenters. The summed E-state index contributed by atoms with van der Waals surface area (Å²) in [7, 11) is -4.51. The van der Waals surface area contributed by atoms with Crippen LogP contribution < -0.4 is 15.3 Å². The first-order chi connectivity index (χ1) is 21.2. The molecule has 3 aromatic rings. The third-order valence-corrected chi connectivity index (χ3v) is 10.5. The molecule has 13 nitrogen and oxygen atoms in total. The number of hydrogen-bond acceptors (Lipinski definition) is 11. The molecule has 45 heavy (non-hydrogen) atoms. The third-order valence-electron chi connectivity index (χ3n) is 8.86. The number of carbonyl (C=O) groups is 1. The first kappa shape index (κ1) is 31.7. The Bertz CT molecular complexity index is 1620. The molecule has 0 amide bonds. The zero-order valence-corrected chi connectivity index (χ0v) is 25.1. The van der Waals surface area contributed by atoms with E-state index in [1.807, 2.05) is 0 Å². The molecule has 17 heteroatoms. The lowest BCUT2D eigenvalue weighted by molar-refractivity contribution is -0.188. The first-order valence-electron chi connectivity index (χ1n) is 14.4. The average Bonchev–Trinajstić information content (AvgIpc) is 3.25. The first-order valence-corrected chi connectivity index (χ1v) is 15.9. The van der Waals surface area contributed by atoms with Crippen LogP contribution in [-0.2, 0) is 23.4 Å². The van der Waals surface area contributed by atoms with Crippen LogP contribution in [0.3, 0.4) is 0 Å². The highest BCUT2D eigenvalue weighted by molar-refractivity contribution is 7.52. The highest BCUT2D eigenvalue weighted by atomic mass is 31.2. The molecule has 6 rings (SSSR count). The Hall–Kier alpha value is -3.27. The number of aromatic nitrogens is 3. The summed E-state index contributed by atoms with van der Waals surface area (Å²) in [4.78, 5) is 16.9. The molecule has 3 heterocycles. The Morgan fingerprint density at radius 3 is 2.51 bits per heavy atom. The number of alkyl halides is 3. The minimum absolute atomic E-state index is 0.0384. The standard InChI is InChI=1S/C28H33F3N5O8P/c1-15(24(38)41-17-10-8-16(9-11-17)28(29,30)31)35-45(40,43-18-6-4-3-5-7-18)44-25-26(2)27(25,39)22(37)21(42-26)19-12-13-20-23(32)33-14-34-36(19)20/h3-7,12-17,21-22,25,37,39H,8-11H2,1-2H3,(H,35,40)(H2,32,33,34)/t15-,16?,17?,21+,22+,25-,26-,27-,45?/m1/s1. The number of ether oxygens (including phenoxy) is 2. The largest absolute Gasteiger partial charge is 0.461 e. The fourth-order valence-corrected chi connectivity index (χ4v) is 7.99. The van der Waals surface area contributed by atoms with Gasteiger partial charge in [-0.2, -0.15) is 23.4 Å². The van der Waals surface area contributed by atoms with Gasteiger partial charge in [0, 0.05) is 0 Å². The number of carbonyl (C=O) groups excluding carboxylic acids is 1. The molecule has 2 aromatic heterocycles. The van der Waals surface area contributed by atoms with Crippen LogP contribution >= 0.6 is 7.75 Å². The van der Waals surface area contributed by atoms with E-state index in [1.165, 1.54) is 36.8 Å². The monoisotopic (exact) mass is 655 g/mol. The van der Waals surface area contributed by atoms with E-state index in [2.05, 4.69) is 15.2 Å². The van der Waals surface area contributed by atoms with Crippen LogP contribution in [0, 0.1) is 5.92 Å². The second kappa shape index (κ2) is 11.2. The Balaban J connectivity index is 1.17. The molecule has 0 bridgehead atoms. The van der Waals surface area contributed by atoms with Crippen molar-refractivity contribution in [1.29, 1.82) is 0 Å². The molecule has 1 aliphatic heterocycles. The van der Waals surface area contributed by atoms with Crippen molar-refractivity contribution in [1.82, 2.24) is 19.7 Å². The van der Waals surface area contributed by atoms with Gasteiger partial charge in [-0.3, -0.25) is 9.32 Å². The normalized spacial score (nSPS) is 33.3. The highest BCUT2D eigenvalue weighted by Gasteiger charge is 2.87. The van der Waals surface area contributed by atoms with E-state index in [-0.39, 0.29) is 37.3 Å². The van der Waals surface area contributed by atoms with Gasteiger partial charge in [-0.05, 0) is 63.8 Å². The van der Waals surface area contributed by atoms with E-state index in [0.29, 0.717) is 11.2 Å². The van der Waals surface area contributed by atoms with Crippen molar-refractivity contribution in [2.45, 2.75) is 87.4 Å². The lowest BCUT2D eigenvalue weighted by Gasteiger charge is -2.31. The van der Waals surface area contributed by atoms with Crippen LogP contribution in [0.1, 0.15) is 51.3 Å². The van der Waals surface area contributed by atoms with Gasteiger partial charge < -0.3 is 29.9 Å². The molecule has 0 spiro atoms. The van der Waals surface area contributed by atoms with E-state index in [1.54, 1.807) is 30.3 Å². The van der Waals surface area contributed by atoms with Crippen LogP contribution in [0.25, 0.3) is 5.52 Å². The lowest BCUT2D eigenvalue weighted by atomic mass is 9.87. The topological polar surface area (TPSA) is 180 Å². The predicted molar refractivity (Wildman–Crippen MR) is 151 cm³/mol. The number of nitrogen functional groups attached to an aromatic ring is 1. The molecule has 0 radical (unpaired) electrons. The van der Waals surface area contributed by atoms with Gasteiger partial charge in [0.15, 0.2) is 11.4 Å². The van der Waals surface area contributed by atoms with Crippen molar-refractivity contribution in [3.63, 3.8) is 0 Å². The van der Waals surface area contributed by atoms with Crippen molar-refractivity contribution < 1.29 is 51.3 Å². The number of para-hydroxylation sites is 1. The number of nitrogens with zero attached hydrogens (tertiary/aromatic N) is 3. The summed E-state index contributed by atoms with van der Waals surface area (Å²) in [5.41, 5.74) is 3.16. The fourth-order valence-electron chi connectivity index (χ4n) is 6.22. The van der Waals surface area contributed by atoms with Gasteiger partial charge in [-0.1, -0.05) is 18.2 Å². The van der Waals surface area contributed by atoms with E-state index in [0.717, 1.165) is 0 Å². The second-order valence-electron chi connectivity index (χ2n) is 11.8. The summed E-state index contributed by atoms with van der Waals surface area (Å²) in [6.07, 6.45) is -8.06. The summed E-state index contributed by atoms with van der Waals surface area (Å²) in [6, 6.07) is 9.89. The summed E-state index contributed by atoms with van der Waals surface area (Å²) < 4.78 is 77.7. The number of halogens is 3. The second-order valence-corrected chi connectivity index (χ2v) is 13.5. The number of benzene rings is 1. The fraction of sp³-hybridized carbons (Fsp3) is 0.536. The molecule has 3 aliphatic rings. The van der Waals surface area contributed by atoms with Gasteiger partial charge in [0.05, 0.1) is 11.6 Å². The molecule has 2 aliphatic carbocycles. The molecule has 244 valence electrons. The number of fused-ring (bicyclic) bond motifs is 2. The van der Waals surface area contributed by atoms with Crippen LogP contribution in [0.2, 0.25) is 0 Å². The van der Waals surface area contributed by atoms with E-state index >= 15 is 0 Å². The smallest absolute Gasteiger partial charge is 0.459 e. The van der Waals surface area contributed by atoms with E-state index in [4.69, 9.17) is 24.3 Å². The lowest BCUT2D eigenvalue weighted by Crippen LogP contribution is -2.40. The van der Waals surface area contributed by atoms with Crippen molar-refractivity contribution in [2.75, 3.05) is 5.73 Å². The van der Waals surface area contributed by atoms with Gasteiger partial charge in [-0.25, -0.2) is 14.1 Å². The minimum atomic E-state index is -4.51. The van der Waals surface area contributed by atoms with Crippen LogP contribution in [-0.4, -0.2) is 72.5 Å². The van der Waals surface area contributed by atoms with Crippen molar-refractivity contribution >= 4 is 25.1 Å². The summed E-state index contributed by atoms with van der Waals surface area (Å²) >= 11 is 0. The predicted octanol–water partition coefficient (Wildman–Crippen LogP) is 3.46. The molecule has 1 saturated heterocycles. The SMILES string of the molecule is C[C@@H](NP(=O)(Oc1ccccc1)O[C@H]1[C@]2(O)[C@@H](O)[C@H](c3ccc4c(N)ncnn34)O[C@]12C)C(=O)OC1CCC(C(F)(F)F)CC1. The highest BCUT2D eigenvalue weighted by Crippen LogP contribution is 2.68. The van der Waals surface area contributed by atoms with Gasteiger partial charge in [0.25, 0.3) is 0 Å². The number of hydrogen-bond donors (Lipinski definition) is 4. The maximum absolute atomic E-state index is 14.2. The van der Waals surface area contributed by atoms with E-state index in [9.17, 15) is 32.7 Å².